The molecule has 0 spiro atoms. The van der Waals surface area contributed by atoms with Crippen molar-refractivity contribution >= 4 is 66.0 Å². The quantitative estimate of drug-likeness (QED) is 0.183. The number of anilines is 2. The van der Waals surface area contributed by atoms with Crippen molar-refractivity contribution in [3.63, 3.8) is 0 Å². The van der Waals surface area contributed by atoms with E-state index in [-0.39, 0.29) is 11.1 Å². The zero-order valence-corrected chi connectivity index (χ0v) is 27.5. The Morgan fingerprint density at radius 1 is 0.814 bits per heavy atom. The monoisotopic (exact) mass is 593 g/mol. The van der Waals surface area contributed by atoms with Gasteiger partial charge in [0.05, 0.1) is 32.6 Å². The first-order valence-electron chi connectivity index (χ1n) is 15.4. The van der Waals surface area contributed by atoms with E-state index in [9.17, 15) is 0 Å². The maximum atomic E-state index is 5.25. The predicted molar refractivity (Wildman–Crippen MR) is 184 cm³/mol. The van der Waals surface area contributed by atoms with Crippen LogP contribution < -0.4 is 10.6 Å². The van der Waals surface area contributed by atoms with E-state index < -0.39 is 0 Å². The number of thiazole rings is 1. The molecule has 224 valence electrons. The molecule has 2 N–H and O–H groups in total. The van der Waals surface area contributed by atoms with Crippen LogP contribution in [0.25, 0.3) is 43.1 Å². The van der Waals surface area contributed by atoms with Crippen LogP contribution in [0.1, 0.15) is 72.4 Å². The molecule has 1 atom stereocenters. The third-order valence-corrected chi connectivity index (χ3v) is 8.61. The first-order valence-corrected chi connectivity index (χ1v) is 16.2. The summed E-state index contributed by atoms with van der Waals surface area (Å²) in [6.07, 6.45) is 4.95. The SMILES string of the molecule is CCCc1nc2c(NC(C)(C)C)nc3c(CC(C)Cn4cnc5c(NC(C)(C)C)nc6ccccc6c54)cccc3c2s1. The first-order chi connectivity index (χ1) is 20.4. The average Bonchev–Trinajstić information content (AvgIpc) is 3.53. The number of fused-ring (bicyclic) bond motifs is 6. The van der Waals surface area contributed by atoms with Gasteiger partial charge in [-0.25, -0.2) is 19.9 Å². The van der Waals surface area contributed by atoms with Crippen LogP contribution in [0.5, 0.6) is 0 Å². The fourth-order valence-electron chi connectivity index (χ4n) is 5.85. The lowest BCUT2D eigenvalue weighted by atomic mass is 9.98. The highest BCUT2D eigenvalue weighted by Gasteiger charge is 2.22. The van der Waals surface area contributed by atoms with Crippen LogP contribution in [0.2, 0.25) is 0 Å². The molecule has 0 radical (unpaired) electrons. The van der Waals surface area contributed by atoms with E-state index in [1.165, 1.54) is 20.7 Å². The Morgan fingerprint density at radius 3 is 2.23 bits per heavy atom. The van der Waals surface area contributed by atoms with Gasteiger partial charge in [0.1, 0.15) is 11.0 Å². The van der Waals surface area contributed by atoms with E-state index in [1.807, 2.05) is 23.7 Å². The Hall–Kier alpha value is -3.78. The predicted octanol–water partition coefficient (Wildman–Crippen LogP) is 8.99. The van der Waals surface area contributed by atoms with Crippen molar-refractivity contribution in [2.75, 3.05) is 10.6 Å². The second-order valence-corrected chi connectivity index (χ2v) is 15.0. The van der Waals surface area contributed by atoms with E-state index in [0.717, 1.165) is 70.4 Å². The van der Waals surface area contributed by atoms with Crippen molar-refractivity contribution in [3.8, 4) is 0 Å². The van der Waals surface area contributed by atoms with Gasteiger partial charge in [0, 0.05) is 28.4 Å². The van der Waals surface area contributed by atoms with Gasteiger partial charge in [-0.2, -0.15) is 0 Å². The molecular formula is C35H43N7S. The molecule has 0 aliphatic rings. The van der Waals surface area contributed by atoms with Crippen LogP contribution in [-0.2, 0) is 19.4 Å². The molecule has 4 heterocycles. The van der Waals surface area contributed by atoms with E-state index in [1.54, 1.807) is 0 Å². The van der Waals surface area contributed by atoms with Gasteiger partial charge in [-0.15, -0.1) is 11.3 Å². The van der Waals surface area contributed by atoms with Gasteiger partial charge in [0.2, 0.25) is 0 Å². The number of nitrogens with zero attached hydrogens (tertiary/aromatic N) is 5. The summed E-state index contributed by atoms with van der Waals surface area (Å²) >= 11 is 1.82. The molecule has 0 aliphatic carbocycles. The fraction of sp³-hybridized carbons (Fsp3) is 0.429. The van der Waals surface area contributed by atoms with Crippen LogP contribution in [0.4, 0.5) is 11.6 Å². The van der Waals surface area contributed by atoms with E-state index in [2.05, 4.69) is 107 Å². The number of aryl methyl sites for hydroxylation is 1. The summed E-state index contributed by atoms with van der Waals surface area (Å²) in [6, 6.07) is 15.0. The van der Waals surface area contributed by atoms with Gasteiger partial charge in [0.25, 0.3) is 0 Å². The number of hydrogen-bond acceptors (Lipinski definition) is 7. The summed E-state index contributed by atoms with van der Waals surface area (Å²) in [6.45, 7) is 18.4. The van der Waals surface area contributed by atoms with Gasteiger partial charge in [0.15, 0.2) is 11.6 Å². The zero-order valence-electron chi connectivity index (χ0n) is 26.7. The van der Waals surface area contributed by atoms with Crippen molar-refractivity contribution in [1.82, 2.24) is 24.5 Å². The van der Waals surface area contributed by atoms with Crippen LogP contribution in [-0.4, -0.2) is 35.6 Å². The van der Waals surface area contributed by atoms with Crippen molar-refractivity contribution in [3.05, 3.63) is 59.4 Å². The third kappa shape index (κ3) is 6.03. The van der Waals surface area contributed by atoms with Crippen molar-refractivity contribution in [2.24, 2.45) is 5.92 Å². The average molecular weight is 594 g/mol. The molecule has 0 saturated heterocycles. The zero-order chi connectivity index (χ0) is 30.5. The van der Waals surface area contributed by atoms with Crippen LogP contribution >= 0.6 is 11.3 Å². The summed E-state index contributed by atoms with van der Waals surface area (Å²) in [4.78, 5) is 20.1. The van der Waals surface area contributed by atoms with Gasteiger partial charge in [-0.05, 0) is 78.4 Å². The summed E-state index contributed by atoms with van der Waals surface area (Å²) in [5.41, 5.74) is 6.11. The Morgan fingerprint density at radius 2 is 1.51 bits per heavy atom. The fourth-order valence-corrected chi connectivity index (χ4v) is 7.04. The number of rotatable bonds is 8. The lowest BCUT2D eigenvalue weighted by Gasteiger charge is -2.22. The minimum atomic E-state index is -0.123. The topological polar surface area (TPSA) is 80.5 Å². The number of benzene rings is 2. The maximum absolute atomic E-state index is 5.25. The van der Waals surface area contributed by atoms with E-state index >= 15 is 0 Å². The molecule has 0 fully saturated rings. The second-order valence-electron chi connectivity index (χ2n) is 13.9. The molecule has 1 unspecified atom stereocenters. The Balaban J connectivity index is 1.39. The second kappa shape index (κ2) is 11.1. The third-order valence-electron chi connectivity index (χ3n) is 7.46. The Bertz CT molecular complexity index is 1940. The highest BCUT2D eigenvalue weighted by Crippen LogP contribution is 2.37. The molecule has 0 bridgehead atoms. The minimum Gasteiger partial charge on any atom is -0.364 e. The first kappa shape index (κ1) is 29.3. The highest BCUT2D eigenvalue weighted by molar-refractivity contribution is 7.19. The molecular weight excluding hydrogens is 551 g/mol. The molecule has 43 heavy (non-hydrogen) atoms. The summed E-state index contributed by atoms with van der Waals surface area (Å²) in [5, 5.41) is 10.7. The van der Waals surface area contributed by atoms with Crippen LogP contribution in [0.15, 0.2) is 48.8 Å². The Kier molecular flexibility index (Phi) is 7.53. The number of nitrogens with one attached hydrogen (secondary N) is 2. The molecule has 6 aromatic rings. The summed E-state index contributed by atoms with van der Waals surface area (Å²) in [5.74, 6) is 2.07. The van der Waals surface area contributed by atoms with Crippen LogP contribution in [0.3, 0.4) is 0 Å². The molecule has 0 aliphatic heterocycles. The molecule has 0 amide bonds. The Labute approximate surface area is 258 Å². The number of aromatic nitrogens is 5. The summed E-state index contributed by atoms with van der Waals surface area (Å²) in [7, 11) is 0. The maximum Gasteiger partial charge on any atom is 0.155 e. The smallest absolute Gasteiger partial charge is 0.155 e. The van der Waals surface area contributed by atoms with Gasteiger partial charge >= 0.3 is 0 Å². The van der Waals surface area contributed by atoms with Crippen LogP contribution in [0, 0.1) is 5.92 Å². The van der Waals surface area contributed by atoms with Gasteiger partial charge in [-0.1, -0.05) is 50.2 Å². The molecule has 6 rings (SSSR count). The summed E-state index contributed by atoms with van der Waals surface area (Å²) < 4.78 is 3.54. The minimum absolute atomic E-state index is 0.120. The highest BCUT2D eigenvalue weighted by atomic mass is 32.1. The van der Waals surface area contributed by atoms with E-state index in [0.29, 0.717) is 5.92 Å². The molecule has 8 heteroatoms. The molecule has 7 nitrogen and oxygen atoms in total. The van der Waals surface area contributed by atoms with Crippen molar-refractivity contribution in [2.45, 2.75) is 92.3 Å². The van der Waals surface area contributed by atoms with Crippen molar-refractivity contribution < 1.29 is 0 Å². The van der Waals surface area contributed by atoms with E-state index in [4.69, 9.17) is 19.9 Å². The standard InChI is InChI=1S/C35H43N7S/c1-9-13-26-38-29-31(43-26)24-16-12-14-22(27(24)39-33(29)41-35(6,7)8)18-21(2)19-42-20-36-28-30(42)23-15-10-11-17-25(23)37-32(28)40-34(3,4)5/h10-12,14-17,20-21H,9,13,18-19H2,1-8H3,(H,37,40)(H,39,41). The number of hydrogen-bond donors (Lipinski definition) is 2. The molecule has 4 aromatic heterocycles. The lowest BCUT2D eigenvalue weighted by molar-refractivity contribution is 0.489. The van der Waals surface area contributed by atoms with Crippen molar-refractivity contribution in [1.29, 1.82) is 0 Å². The van der Waals surface area contributed by atoms with Gasteiger partial charge in [-0.3, -0.25) is 0 Å². The normalized spacial score (nSPS) is 13.4. The van der Waals surface area contributed by atoms with Gasteiger partial charge < -0.3 is 15.2 Å². The number of imidazole rings is 1. The molecule has 0 saturated carbocycles. The number of para-hydroxylation sites is 2. The number of pyridine rings is 2. The largest absolute Gasteiger partial charge is 0.364 e. The molecule has 2 aromatic carbocycles. The lowest BCUT2D eigenvalue weighted by Crippen LogP contribution is -2.27.